The highest BCUT2D eigenvalue weighted by molar-refractivity contribution is 5.69. The first-order valence-electron chi connectivity index (χ1n) is 12.7. The van der Waals surface area contributed by atoms with Crippen LogP contribution in [-0.4, -0.2) is 66.8 Å². The molecule has 2 atom stereocenters. The molecule has 36 heavy (non-hydrogen) atoms. The van der Waals surface area contributed by atoms with E-state index >= 15 is 0 Å². The molecule has 7 nitrogen and oxygen atoms in total. The molecule has 1 fully saturated rings. The molecule has 2 heterocycles. The van der Waals surface area contributed by atoms with Gasteiger partial charge in [-0.05, 0) is 31.0 Å². The summed E-state index contributed by atoms with van der Waals surface area (Å²) in [5.74, 6) is 0.296. The Bertz CT molecular complexity index is 1070. The summed E-state index contributed by atoms with van der Waals surface area (Å²) in [5, 5.41) is 15.1. The van der Waals surface area contributed by atoms with Crippen molar-refractivity contribution < 1.29 is 23.5 Å². The first-order valence-corrected chi connectivity index (χ1v) is 12.7. The molecule has 0 aliphatic carbocycles. The van der Waals surface area contributed by atoms with Crippen LogP contribution in [0.15, 0.2) is 59.1 Å². The van der Waals surface area contributed by atoms with E-state index in [2.05, 4.69) is 28.8 Å². The summed E-state index contributed by atoms with van der Waals surface area (Å²) in [5.41, 5.74) is 2.79. The lowest BCUT2D eigenvalue weighted by molar-refractivity contribution is 0.00146. The fourth-order valence-corrected chi connectivity index (χ4v) is 4.39. The smallest absolute Gasteiger partial charge is 0.232 e. The van der Waals surface area contributed by atoms with Crippen molar-refractivity contribution in [2.75, 3.05) is 44.4 Å². The van der Waals surface area contributed by atoms with Gasteiger partial charge < -0.3 is 24.0 Å². The molecule has 1 aliphatic rings. The van der Waals surface area contributed by atoms with Gasteiger partial charge in [-0.1, -0.05) is 54.5 Å². The number of hydrogen-bond donors (Lipinski definition) is 1. The third kappa shape index (κ3) is 6.70. The van der Waals surface area contributed by atoms with Gasteiger partial charge in [-0.15, -0.1) is 0 Å². The standard InChI is InChI=1S/C28H36FN3O4/c1-3-21(2)32(17-23(33)20-35-19-22-9-5-4-6-10-22)18-25-27(24-11-7-8-12-26(24)29)30-36-28(25)31-13-15-34-16-14-31/h4-12,21,23,33H,3,13-20H2,1-2H3/t21-,23-/m1/s1. The second-order valence-corrected chi connectivity index (χ2v) is 9.24. The minimum atomic E-state index is -0.675. The van der Waals surface area contributed by atoms with Gasteiger partial charge >= 0.3 is 0 Å². The van der Waals surface area contributed by atoms with Gasteiger partial charge in [0.1, 0.15) is 11.5 Å². The molecule has 0 amide bonds. The molecule has 1 aliphatic heterocycles. The molecule has 1 N–H and O–H groups in total. The van der Waals surface area contributed by atoms with Crippen molar-refractivity contribution in [1.82, 2.24) is 10.1 Å². The average molecular weight is 498 g/mol. The van der Waals surface area contributed by atoms with E-state index in [1.54, 1.807) is 18.2 Å². The number of halogens is 1. The average Bonchev–Trinajstić information content (AvgIpc) is 3.32. The zero-order valence-electron chi connectivity index (χ0n) is 21.1. The largest absolute Gasteiger partial charge is 0.389 e. The fraction of sp³-hybridized carbons (Fsp3) is 0.464. The van der Waals surface area contributed by atoms with Crippen LogP contribution in [0.2, 0.25) is 0 Å². The van der Waals surface area contributed by atoms with Gasteiger partial charge in [0.25, 0.3) is 0 Å². The minimum Gasteiger partial charge on any atom is -0.389 e. The van der Waals surface area contributed by atoms with Crippen LogP contribution in [0, 0.1) is 5.82 Å². The fourth-order valence-electron chi connectivity index (χ4n) is 4.39. The number of anilines is 1. The second kappa shape index (κ2) is 13.0. The van der Waals surface area contributed by atoms with Gasteiger partial charge in [0, 0.05) is 37.8 Å². The first kappa shape index (κ1) is 26.3. The van der Waals surface area contributed by atoms with E-state index in [1.165, 1.54) is 6.07 Å². The highest BCUT2D eigenvalue weighted by Gasteiger charge is 2.28. The Labute approximate surface area is 212 Å². The second-order valence-electron chi connectivity index (χ2n) is 9.24. The number of hydrogen-bond acceptors (Lipinski definition) is 7. The highest BCUT2D eigenvalue weighted by Crippen LogP contribution is 2.34. The van der Waals surface area contributed by atoms with Gasteiger partial charge in [0.2, 0.25) is 5.88 Å². The molecule has 194 valence electrons. The van der Waals surface area contributed by atoms with Gasteiger partial charge in [-0.2, -0.15) is 0 Å². The van der Waals surface area contributed by atoms with Gasteiger partial charge in [0.05, 0.1) is 38.1 Å². The molecule has 1 aromatic heterocycles. The Morgan fingerprint density at radius 1 is 1.11 bits per heavy atom. The molecule has 0 unspecified atom stereocenters. The Balaban J connectivity index is 1.53. The van der Waals surface area contributed by atoms with Crippen LogP contribution in [0.4, 0.5) is 10.3 Å². The molecule has 1 saturated heterocycles. The Hall–Kier alpha value is -2.78. The van der Waals surface area contributed by atoms with Crippen molar-refractivity contribution in [2.24, 2.45) is 0 Å². The lowest BCUT2D eigenvalue weighted by atomic mass is 10.0. The van der Waals surface area contributed by atoms with Crippen LogP contribution in [0.25, 0.3) is 11.3 Å². The molecular weight excluding hydrogens is 461 g/mol. The van der Waals surface area contributed by atoms with E-state index in [-0.39, 0.29) is 18.5 Å². The Kier molecular flexibility index (Phi) is 9.47. The van der Waals surface area contributed by atoms with Crippen LogP contribution >= 0.6 is 0 Å². The van der Waals surface area contributed by atoms with E-state index in [9.17, 15) is 9.50 Å². The molecular formula is C28H36FN3O4. The van der Waals surface area contributed by atoms with Crippen LogP contribution in [0.3, 0.4) is 0 Å². The minimum absolute atomic E-state index is 0.176. The van der Waals surface area contributed by atoms with E-state index in [4.69, 9.17) is 14.0 Å². The number of aliphatic hydroxyl groups excluding tert-OH is 1. The maximum absolute atomic E-state index is 14.8. The molecule has 4 rings (SSSR count). The zero-order chi connectivity index (χ0) is 25.3. The lowest BCUT2D eigenvalue weighted by Gasteiger charge is -2.32. The summed E-state index contributed by atoms with van der Waals surface area (Å²) in [6.45, 7) is 8.35. The number of nitrogens with zero attached hydrogens (tertiary/aromatic N) is 3. The Morgan fingerprint density at radius 2 is 1.83 bits per heavy atom. The monoisotopic (exact) mass is 497 g/mol. The van der Waals surface area contributed by atoms with E-state index < -0.39 is 6.10 Å². The molecule has 0 spiro atoms. The summed E-state index contributed by atoms with van der Waals surface area (Å²) >= 11 is 0. The van der Waals surface area contributed by atoms with E-state index in [1.807, 2.05) is 30.3 Å². The number of benzene rings is 2. The molecule has 2 aromatic carbocycles. The topological polar surface area (TPSA) is 71.2 Å². The molecule has 0 saturated carbocycles. The SMILES string of the molecule is CC[C@@H](C)N(Cc1c(-c2ccccc2F)noc1N1CCOCC1)C[C@@H](O)COCc1ccccc1. The summed E-state index contributed by atoms with van der Waals surface area (Å²) in [6, 6.07) is 16.7. The lowest BCUT2D eigenvalue weighted by Crippen LogP contribution is -2.41. The van der Waals surface area contributed by atoms with Crippen LogP contribution in [-0.2, 0) is 22.6 Å². The number of aromatic nitrogens is 1. The Morgan fingerprint density at radius 3 is 2.56 bits per heavy atom. The number of aliphatic hydroxyl groups is 1. The zero-order valence-corrected chi connectivity index (χ0v) is 21.1. The van der Waals surface area contributed by atoms with Gasteiger partial charge in [-0.3, -0.25) is 4.90 Å². The summed E-state index contributed by atoms with van der Waals surface area (Å²) in [6.07, 6.45) is 0.219. The van der Waals surface area contributed by atoms with E-state index in [0.29, 0.717) is 63.1 Å². The first-order chi connectivity index (χ1) is 17.6. The molecule has 0 bridgehead atoms. The third-order valence-electron chi connectivity index (χ3n) is 6.64. The normalized spacial score (nSPS) is 15.9. The third-order valence-corrected chi connectivity index (χ3v) is 6.64. The predicted octanol–water partition coefficient (Wildman–Crippen LogP) is 4.50. The highest BCUT2D eigenvalue weighted by atomic mass is 19.1. The van der Waals surface area contributed by atoms with Crippen molar-refractivity contribution in [3.63, 3.8) is 0 Å². The molecule has 0 radical (unpaired) electrons. The number of morpholine rings is 1. The maximum atomic E-state index is 14.8. The summed E-state index contributed by atoms with van der Waals surface area (Å²) in [4.78, 5) is 4.29. The number of rotatable bonds is 12. The van der Waals surface area contributed by atoms with Crippen molar-refractivity contribution in [3.05, 3.63) is 71.5 Å². The van der Waals surface area contributed by atoms with Crippen molar-refractivity contribution >= 4 is 5.88 Å². The van der Waals surface area contributed by atoms with Crippen LogP contribution < -0.4 is 4.90 Å². The van der Waals surface area contributed by atoms with Gasteiger partial charge in [0.15, 0.2) is 0 Å². The predicted molar refractivity (Wildman–Crippen MR) is 137 cm³/mol. The van der Waals surface area contributed by atoms with Gasteiger partial charge in [-0.25, -0.2) is 4.39 Å². The van der Waals surface area contributed by atoms with E-state index in [0.717, 1.165) is 17.5 Å². The van der Waals surface area contributed by atoms with Crippen LogP contribution in [0.1, 0.15) is 31.4 Å². The summed E-state index contributed by atoms with van der Waals surface area (Å²) < 4.78 is 31.9. The van der Waals surface area contributed by atoms with Crippen LogP contribution in [0.5, 0.6) is 0 Å². The maximum Gasteiger partial charge on any atom is 0.232 e. The quantitative estimate of drug-likeness (QED) is 0.395. The van der Waals surface area contributed by atoms with Crippen molar-refractivity contribution in [2.45, 2.75) is 45.6 Å². The molecule has 8 heteroatoms. The summed E-state index contributed by atoms with van der Waals surface area (Å²) in [7, 11) is 0. The number of ether oxygens (including phenoxy) is 2. The van der Waals surface area contributed by atoms with Crippen molar-refractivity contribution in [3.8, 4) is 11.3 Å². The van der Waals surface area contributed by atoms with Crippen molar-refractivity contribution in [1.29, 1.82) is 0 Å². The molecule has 3 aromatic rings.